The van der Waals surface area contributed by atoms with Crippen LogP contribution in [0.2, 0.25) is 0 Å². The number of nitrogens with one attached hydrogen (secondary N) is 2. The summed E-state index contributed by atoms with van der Waals surface area (Å²) >= 11 is 0.712. The molecule has 0 radical (unpaired) electrons. The molecule has 2 aromatic heterocycles. The third-order valence-corrected chi connectivity index (χ3v) is 7.77. The Hall–Kier alpha value is -2.73. The average Bonchev–Trinajstić information content (AvgIpc) is 3.43. The Morgan fingerprint density at radius 2 is 1.97 bits per heavy atom. The maximum Gasteiger partial charge on any atom is 0.417 e. The maximum atomic E-state index is 14.3. The summed E-state index contributed by atoms with van der Waals surface area (Å²) in [5.41, 5.74) is -2.66. The number of alkyl halides is 3. The Morgan fingerprint density at radius 1 is 1.27 bits per heavy atom. The van der Waals surface area contributed by atoms with Crippen LogP contribution < -0.4 is 10.6 Å². The number of rotatable bonds is 8. The lowest BCUT2D eigenvalue weighted by atomic mass is 10.1. The molecule has 0 bridgehead atoms. The van der Waals surface area contributed by atoms with Gasteiger partial charge in [0.05, 0.1) is 16.0 Å². The minimum Gasteiger partial charge on any atom is -0.389 e. The number of nitrogens with zero attached hydrogens (tertiary/aromatic N) is 3. The standard InChI is InChI=1S/C25H32F3N5O3S/c1-13-6-5-9-33(13)23(35)19-20(37-22(32-19)21(34)30-12-24(3,4)36)16-11-29-18(10-17(16)25(26,27)28)31-14(2)15-7-8-15/h10-11,13-15,36H,5-9,12H2,1-4H3,(H,29,31)(H,30,34)/t13-,14?/m0/s1. The number of halogens is 3. The number of carbonyl (C=O) groups excluding carboxylic acids is 2. The van der Waals surface area contributed by atoms with Gasteiger partial charge >= 0.3 is 6.18 Å². The monoisotopic (exact) mass is 539 g/mol. The smallest absolute Gasteiger partial charge is 0.389 e. The summed E-state index contributed by atoms with van der Waals surface area (Å²) < 4.78 is 42.8. The SMILES string of the molecule is CC(Nc1cc(C(F)(F)F)c(-c2sc(C(=O)NCC(C)(C)O)nc2C(=O)N2CCC[C@@H]2C)cn1)C1CC1. The van der Waals surface area contributed by atoms with E-state index in [4.69, 9.17) is 0 Å². The first kappa shape index (κ1) is 27.3. The lowest BCUT2D eigenvalue weighted by molar-refractivity contribution is -0.137. The number of hydrogen-bond donors (Lipinski definition) is 3. The summed E-state index contributed by atoms with van der Waals surface area (Å²) in [6.07, 6.45) is -0.0256. The molecule has 4 rings (SSSR count). The third kappa shape index (κ3) is 6.40. The molecule has 1 unspecified atom stereocenters. The Bertz CT molecular complexity index is 1170. The molecule has 2 atom stereocenters. The van der Waals surface area contributed by atoms with E-state index in [1.807, 2.05) is 13.8 Å². The van der Waals surface area contributed by atoms with Crippen molar-refractivity contribution in [2.45, 2.75) is 77.2 Å². The van der Waals surface area contributed by atoms with Crippen molar-refractivity contribution in [1.82, 2.24) is 20.2 Å². The molecule has 2 fully saturated rings. The summed E-state index contributed by atoms with van der Waals surface area (Å²) in [5.74, 6) is -0.687. The van der Waals surface area contributed by atoms with Crippen molar-refractivity contribution >= 4 is 29.0 Å². The number of anilines is 1. The van der Waals surface area contributed by atoms with Crippen LogP contribution in [0.4, 0.5) is 19.0 Å². The van der Waals surface area contributed by atoms with Gasteiger partial charge in [0.15, 0.2) is 5.01 Å². The van der Waals surface area contributed by atoms with Crippen molar-refractivity contribution in [3.63, 3.8) is 0 Å². The highest BCUT2D eigenvalue weighted by atomic mass is 32.1. The van der Waals surface area contributed by atoms with E-state index in [-0.39, 0.29) is 45.6 Å². The second-order valence-corrected chi connectivity index (χ2v) is 11.6. The van der Waals surface area contributed by atoms with Gasteiger partial charge < -0.3 is 20.6 Å². The molecule has 2 aromatic rings. The molecule has 2 amide bonds. The number of aliphatic hydroxyl groups is 1. The van der Waals surface area contributed by atoms with Gasteiger partial charge in [-0.15, -0.1) is 11.3 Å². The molecule has 1 aliphatic carbocycles. The Labute approximate surface area is 217 Å². The van der Waals surface area contributed by atoms with Gasteiger partial charge in [0.2, 0.25) is 0 Å². The van der Waals surface area contributed by atoms with Gasteiger partial charge in [0, 0.05) is 36.9 Å². The average molecular weight is 540 g/mol. The van der Waals surface area contributed by atoms with Crippen molar-refractivity contribution in [3.8, 4) is 10.4 Å². The number of aromatic nitrogens is 2. The van der Waals surface area contributed by atoms with Crippen molar-refractivity contribution < 1.29 is 27.9 Å². The molecule has 202 valence electrons. The summed E-state index contributed by atoms with van der Waals surface area (Å²) in [5, 5.41) is 15.4. The zero-order valence-electron chi connectivity index (χ0n) is 21.3. The molecule has 1 saturated carbocycles. The summed E-state index contributed by atoms with van der Waals surface area (Å²) in [7, 11) is 0. The molecule has 2 aliphatic rings. The quantitative estimate of drug-likeness (QED) is 0.454. The van der Waals surface area contributed by atoms with Crippen molar-refractivity contribution in [2.24, 2.45) is 5.92 Å². The van der Waals surface area contributed by atoms with Crippen LogP contribution in [0.5, 0.6) is 0 Å². The number of hydrogen-bond acceptors (Lipinski definition) is 7. The van der Waals surface area contributed by atoms with E-state index in [2.05, 4.69) is 20.6 Å². The van der Waals surface area contributed by atoms with Crippen LogP contribution in [0, 0.1) is 5.92 Å². The highest BCUT2D eigenvalue weighted by molar-refractivity contribution is 7.17. The highest BCUT2D eigenvalue weighted by Crippen LogP contribution is 2.42. The van der Waals surface area contributed by atoms with Crippen LogP contribution in [0.3, 0.4) is 0 Å². The van der Waals surface area contributed by atoms with Gasteiger partial charge in [-0.1, -0.05) is 0 Å². The molecule has 12 heteroatoms. The third-order valence-electron chi connectivity index (χ3n) is 6.68. The predicted molar refractivity (Wildman–Crippen MR) is 135 cm³/mol. The predicted octanol–water partition coefficient (Wildman–Crippen LogP) is 4.56. The van der Waals surface area contributed by atoms with Crippen LogP contribution in [0.15, 0.2) is 12.3 Å². The molecular formula is C25H32F3N5O3S. The molecule has 1 saturated heterocycles. The summed E-state index contributed by atoms with van der Waals surface area (Å²) in [6, 6.07) is 0.849. The van der Waals surface area contributed by atoms with E-state index in [1.165, 1.54) is 13.8 Å². The number of carbonyl (C=O) groups is 2. The normalized spacial score (nSPS) is 19.1. The number of amides is 2. The molecule has 37 heavy (non-hydrogen) atoms. The summed E-state index contributed by atoms with van der Waals surface area (Å²) in [6.45, 7) is 7.16. The molecule has 3 N–H and O–H groups in total. The molecule has 0 aromatic carbocycles. The zero-order chi connectivity index (χ0) is 27.1. The zero-order valence-corrected chi connectivity index (χ0v) is 22.1. The fraction of sp³-hybridized carbons (Fsp3) is 0.600. The summed E-state index contributed by atoms with van der Waals surface area (Å²) in [4.78, 5) is 36.2. The molecule has 8 nitrogen and oxygen atoms in total. The van der Waals surface area contributed by atoms with E-state index in [0.29, 0.717) is 23.8 Å². The minimum atomic E-state index is -4.73. The van der Waals surface area contributed by atoms with Gasteiger partial charge in [0.25, 0.3) is 11.8 Å². The first-order chi connectivity index (χ1) is 17.2. The Morgan fingerprint density at radius 3 is 2.54 bits per heavy atom. The van der Waals surface area contributed by atoms with E-state index < -0.39 is 29.2 Å². The van der Waals surface area contributed by atoms with Gasteiger partial charge in [-0.3, -0.25) is 9.59 Å². The Balaban J connectivity index is 1.76. The molecule has 1 aliphatic heterocycles. The first-order valence-corrected chi connectivity index (χ1v) is 13.2. The van der Waals surface area contributed by atoms with Crippen molar-refractivity contribution in [3.05, 3.63) is 28.5 Å². The van der Waals surface area contributed by atoms with E-state index >= 15 is 0 Å². The van der Waals surface area contributed by atoms with Gasteiger partial charge in [-0.05, 0) is 65.4 Å². The lowest BCUT2D eigenvalue weighted by Gasteiger charge is -2.21. The largest absolute Gasteiger partial charge is 0.417 e. The van der Waals surface area contributed by atoms with Crippen molar-refractivity contribution in [1.29, 1.82) is 0 Å². The second-order valence-electron chi connectivity index (χ2n) is 10.6. The molecular weight excluding hydrogens is 507 g/mol. The highest BCUT2D eigenvalue weighted by Gasteiger charge is 2.39. The fourth-order valence-corrected chi connectivity index (χ4v) is 5.38. The van der Waals surface area contributed by atoms with Crippen LogP contribution in [-0.4, -0.2) is 62.6 Å². The minimum absolute atomic E-state index is 0.0114. The molecule has 0 spiro atoms. The van der Waals surface area contributed by atoms with Crippen LogP contribution in [-0.2, 0) is 6.18 Å². The first-order valence-electron chi connectivity index (χ1n) is 12.4. The van der Waals surface area contributed by atoms with Crippen LogP contribution >= 0.6 is 11.3 Å². The van der Waals surface area contributed by atoms with E-state index in [1.54, 1.807) is 4.90 Å². The molecule has 3 heterocycles. The van der Waals surface area contributed by atoms with Gasteiger partial charge in [0.1, 0.15) is 11.5 Å². The van der Waals surface area contributed by atoms with Gasteiger partial charge in [-0.2, -0.15) is 13.2 Å². The topological polar surface area (TPSA) is 107 Å². The lowest BCUT2D eigenvalue weighted by Crippen LogP contribution is -2.38. The van der Waals surface area contributed by atoms with E-state index in [0.717, 1.165) is 37.9 Å². The van der Waals surface area contributed by atoms with Crippen LogP contribution in [0.25, 0.3) is 10.4 Å². The number of thiazole rings is 1. The second kappa shape index (κ2) is 10.2. The fourth-order valence-electron chi connectivity index (χ4n) is 4.39. The maximum absolute atomic E-state index is 14.3. The van der Waals surface area contributed by atoms with Crippen molar-refractivity contribution in [2.75, 3.05) is 18.4 Å². The van der Waals surface area contributed by atoms with E-state index in [9.17, 15) is 27.9 Å². The number of pyridine rings is 1. The van der Waals surface area contributed by atoms with Gasteiger partial charge in [-0.25, -0.2) is 9.97 Å². The van der Waals surface area contributed by atoms with Crippen LogP contribution in [0.1, 0.15) is 79.2 Å². The Kier molecular flexibility index (Phi) is 7.53. The number of likely N-dealkylation sites (tertiary alicyclic amines) is 1.